The van der Waals surface area contributed by atoms with Gasteiger partial charge in [0.1, 0.15) is 5.75 Å². The number of carbonyl (C=O) groups is 1. The number of fused-ring (bicyclic) bond motifs is 2. The van der Waals surface area contributed by atoms with E-state index in [-0.39, 0.29) is 19.4 Å². The van der Waals surface area contributed by atoms with E-state index in [0.29, 0.717) is 17.9 Å². The average molecular weight is 297 g/mol. The number of hydrogen-bond acceptors (Lipinski definition) is 4. The number of aryl methyl sites for hydroxylation is 1. The molecule has 2 aliphatic heterocycles. The van der Waals surface area contributed by atoms with Gasteiger partial charge in [-0.2, -0.15) is 0 Å². The van der Waals surface area contributed by atoms with E-state index in [2.05, 4.69) is 0 Å². The summed E-state index contributed by atoms with van der Waals surface area (Å²) in [6, 6.07) is 11.3. The molecule has 0 fully saturated rings. The Morgan fingerprint density at radius 3 is 2.86 bits per heavy atom. The Balaban J connectivity index is 1.58. The third-order valence-electron chi connectivity index (χ3n) is 3.90. The normalized spacial score (nSPS) is 15.5. The molecule has 0 aliphatic carbocycles. The highest BCUT2D eigenvalue weighted by atomic mass is 16.7. The molecule has 0 unspecified atom stereocenters. The summed E-state index contributed by atoms with van der Waals surface area (Å²) < 4.78 is 16.4. The second kappa shape index (κ2) is 4.94. The van der Waals surface area contributed by atoms with Crippen molar-refractivity contribution >= 4 is 5.91 Å². The Morgan fingerprint density at radius 2 is 1.95 bits per heavy atom. The molecule has 5 heteroatoms. The molecular formula is C17H15NO4. The molecule has 2 heterocycles. The number of carbonyl (C=O) groups excluding carboxylic acids is 1. The summed E-state index contributed by atoms with van der Waals surface area (Å²) >= 11 is 0. The van der Waals surface area contributed by atoms with E-state index in [1.165, 1.54) is 0 Å². The van der Waals surface area contributed by atoms with E-state index >= 15 is 0 Å². The lowest BCUT2D eigenvalue weighted by molar-refractivity contribution is 0.0496. The van der Waals surface area contributed by atoms with Crippen molar-refractivity contribution in [2.45, 2.75) is 13.5 Å². The van der Waals surface area contributed by atoms with Gasteiger partial charge in [0.25, 0.3) is 5.91 Å². The van der Waals surface area contributed by atoms with Crippen molar-refractivity contribution in [1.82, 2.24) is 4.90 Å². The number of benzene rings is 2. The minimum Gasteiger partial charge on any atom is -0.472 e. The van der Waals surface area contributed by atoms with E-state index in [9.17, 15) is 4.79 Å². The molecule has 112 valence electrons. The van der Waals surface area contributed by atoms with Crippen LogP contribution in [0.4, 0.5) is 0 Å². The van der Waals surface area contributed by atoms with Crippen molar-refractivity contribution in [3.8, 4) is 17.2 Å². The van der Waals surface area contributed by atoms with Gasteiger partial charge in [-0.3, -0.25) is 4.79 Å². The van der Waals surface area contributed by atoms with Crippen LogP contribution < -0.4 is 14.2 Å². The lowest BCUT2D eigenvalue weighted by atomic mass is 10.1. The third kappa shape index (κ3) is 2.06. The van der Waals surface area contributed by atoms with Gasteiger partial charge in [0.05, 0.1) is 5.56 Å². The van der Waals surface area contributed by atoms with Gasteiger partial charge >= 0.3 is 0 Å². The third-order valence-corrected chi connectivity index (χ3v) is 3.90. The van der Waals surface area contributed by atoms with Gasteiger partial charge in [0, 0.05) is 6.54 Å². The quantitative estimate of drug-likeness (QED) is 0.855. The second-order valence-electron chi connectivity index (χ2n) is 5.42. The zero-order valence-electron chi connectivity index (χ0n) is 12.2. The minimum atomic E-state index is -0.0115. The predicted molar refractivity (Wildman–Crippen MR) is 79.1 cm³/mol. The summed E-state index contributed by atoms with van der Waals surface area (Å²) in [7, 11) is 0. The van der Waals surface area contributed by atoms with E-state index in [1.54, 1.807) is 11.0 Å². The van der Waals surface area contributed by atoms with E-state index in [1.807, 2.05) is 37.3 Å². The Bertz CT molecular complexity index is 756. The molecule has 0 N–H and O–H groups in total. The SMILES string of the molecule is Cc1cccc2c1OCN(Cc1ccc3c(c1)OCO3)C2=O. The molecule has 22 heavy (non-hydrogen) atoms. The number of rotatable bonds is 2. The second-order valence-corrected chi connectivity index (χ2v) is 5.42. The first-order chi connectivity index (χ1) is 10.7. The Morgan fingerprint density at radius 1 is 1.09 bits per heavy atom. The topological polar surface area (TPSA) is 48.0 Å². The highest BCUT2D eigenvalue weighted by Gasteiger charge is 2.27. The summed E-state index contributed by atoms with van der Waals surface area (Å²) in [6.45, 7) is 2.92. The number of nitrogens with zero attached hydrogens (tertiary/aromatic N) is 1. The molecule has 0 saturated heterocycles. The first kappa shape index (κ1) is 13.0. The van der Waals surface area contributed by atoms with Crippen molar-refractivity contribution in [3.05, 3.63) is 53.1 Å². The van der Waals surface area contributed by atoms with Crippen LogP contribution in [0.2, 0.25) is 0 Å². The van der Waals surface area contributed by atoms with Crippen LogP contribution in [0, 0.1) is 6.92 Å². The van der Waals surface area contributed by atoms with Crippen molar-refractivity contribution in [3.63, 3.8) is 0 Å². The van der Waals surface area contributed by atoms with E-state index in [4.69, 9.17) is 14.2 Å². The molecule has 1 amide bonds. The smallest absolute Gasteiger partial charge is 0.260 e. The fourth-order valence-corrected chi connectivity index (χ4v) is 2.76. The molecule has 5 nitrogen and oxygen atoms in total. The molecule has 2 aromatic carbocycles. The average Bonchev–Trinajstić information content (AvgIpc) is 2.98. The summed E-state index contributed by atoms with van der Waals surface area (Å²) in [4.78, 5) is 14.3. The first-order valence-corrected chi connectivity index (χ1v) is 7.12. The largest absolute Gasteiger partial charge is 0.472 e. The minimum absolute atomic E-state index is 0.0115. The van der Waals surface area contributed by atoms with Gasteiger partial charge in [-0.05, 0) is 36.2 Å². The zero-order valence-corrected chi connectivity index (χ0v) is 12.2. The lowest BCUT2D eigenvalue weighted by Crippen LogP contribution is -2.38. The van der Waals surface area contributed by atoms with Crippen LogP contribution in [0.3, 0.4) is 0 Å². The molecule has 0 bridgehead atoms. The zero-order chi connectivity index (χ0) is 15.1. The van der Waals surface area contributed by atoms with Gasteiger partial charge in [-0.25, -0.2) is 0 Å². The van der Waals surface area contributed by atoms with Crippen LogP contribution >= 0.6 is 0 Å². The molecule has 2 aliphatic rings. The highest BCUT2D eigenvalue weighted by molar-refractivity contribution is 5.98. The molecule has 0 spiro atoms. The van der Waals surface area contributed by atoms with Gasteiger partial charge < -0.3 is 19.1 Å². The van der Waals surface area contributed by atoms with Crippen molar-refractivity contribution in [2.24, 2.45) is 0 Å². The highest BCUT2D eigenvalue weighted by Crippen LogP contribution is 2.34. The van der Waals surface area contributed by atoms with Gasteiger partial charge in [-0.1, -0.05) is 18.2 Å². The summed E-state index contributed by atoms with van der Waals surface area (Å²) in [5, 5.41) is 0. The lowest BCUT2D eigenvalue weighted by Gasteiger charge is -2.29. The molecule has 2 aromatic rings. The van der Waals surface area contributed by atoms with E-state index in [0.717, 1.165) is 22.6 Å². The van der Waals surface area contributed by atoms with Gasteiger partial charge in [0.2, 0.25) is 6.79 Å². The van der Waals surface area contributed by atoms with Crippen molar-refractivity contribution in [2.75, 3.05) is 13.5 Å². The number of ether oxygens (including phenoxy) is 3. The predicted octanol–water partition coefficient (Wildman–Crippen LogP) is 2.72. The Hall–Kier alpha value is -2.69. The van der Waals surface area contributed by atoms with Gasteiger partial charge in [-0.15, -0.1) is 0 Å². The Kier molecular flexibility index (Phi) is 2.92. The molecule has 4 rings (SSSR count). The first-order valence-electron chi connectivity index (χ1n) is 7.12. The van der Waals surface area contributed by atoms with Crippen molar-refractivity contribution < 1.29 is 19.0 Å². The summed E-state index contributed by atoms with van der Waals surface area (Å²) in [5.74, 6) is 2.14. The van der Waals surface area contributed by atoms with Crippen LogP contribution in [-0.2, 0) is 6.54 Å². The summed E-state index contributed by atoms with van der Waals surface area (Å²) in [5.41, 5.74) is 2.58. The molecule has 0 saturated carbocycles. The number of para-hydroxylation sites is 1. The van der Waals surface area contributed by atoms with E-state index < -0.39 is 0 Å². The Labute approximate surface area is 128 Å². The number of amides is 1. The summed E-state index contributed by atoms with van der Waals surface area (Å²) in [6.07, 6.45) is 0. The maximum absolute atomic E-state index is 12.6. The van der Waals surface area contributed by atoms with Crippen LogP contribution in [0.25, 0.3) is 0 Å². The fourth-order valence-electron chi connectivity index (χ4n) is 2.76. The van der Waals surface area contributed by atoms with Crippen molar-refractivity contribution in [1.29, 1.82) is 0 Å². The fraction of sp³-hybridized carbons (Fsp3) is 0.235. The molecule has 0 radical (unpaired) electrons. The number of hydrogen-bond donors (Lipinski definition) is 0. The standard InChI is InChI=1S/C17H15NO4/c1-11-3-2-4-13-16(11)20-9-18(17(13)19)8-12-5-6-14-15(7-12)22-10-21-14/h2-7H,8-10H2,1H3. The van der Waals surface area contributed by atoms with Crippen LogP contribution in [0.5, 0.6) is 17.2 Å². The van der Waals surface area contributed by atoms with Crippen LogP contribution in [-0.4, -0.2) is 24.3 Å². The maximum Gasteiger partial charge on any atom is 0.260 e. The van der Waals surface area contributed by atoms with Crippen LogP contribution in [0.1, 0.15) is 21.5 Å². The van der Waals surface area contributed by atoms with Crippen LogP contribution in [0.15, 0.2) is 36.4 Å². The molecular weight excluding hydrogens is 282 g/mol. The monoisotopic (exact) mass is 297 g/mol. The van der Waals surface area contributed by atoms with Gasteiger partial charge in [0.15, 0.2) is 18.2 Å². The molecule has 0 aromatic heterocycles. The maximum atomic E-state index is 12.6. The molecule has 0 atom stereocenters.